The fourth-order valence-electron chi connectivity index (χ4n) is 4.30. The maximum atomic E-state index is 11.6. The maximum absolute atomic E-state index is 11.6. The van der Waals surface area contributed by atoms with Gasteiger partial charge in [-0.25, -0.2) is 0 Å². The van der Waals surface area contributed by atoms with Crippen molar-refractivity contribution in [2.45, 2.75) is 39.5 Å². The summed E-state index contributed by atoms with van der Waals surface area (Å²) in [6.07, 6.45) is 3.47. The van der Waals surface area contributed by atoms with Crippen LogP contribution >= 0.6 is 15.9 Å². The van der Waals surface area contributed by atoms with Gasteiger partial charge in [-0.3, -0.25) is 4.79 Å². The summed E-state index contributed by atoms with van der Waals surface area (Å²) in [4.78, 5) is 14.0. The first-order valence-electron chi connectivity index (χ1n) is 9.54. The maximum Gasteiger partial charge on any atom is 0.133 e. The number of hydrogen-bond acceptors (Lipinski definition) is 3. The first-order chi connectivity index (χ1) is 12.3. The molecule has 4 heteroatoms. The van der Waals surface area contributed by atoms with Crippen LogP contribution in [-0.2, 0) is 4.79 Å². The summed E-state index contributed by atoms with van der Waals surface area (Å²) < 4.78 is 1.04. The number of halogens is 1. The molecule has 3 rings (SSSR count). The summed E-state index contributed by atoms with van der Waals surface area (Å²) in [7, 11) is 0. The average molecular weight is 417 g/mol. The SMILES string of the molecule is C=C(Nc1ccc(Br)cc1C(=C)N1C[C@H](C)C[C@H](C)C1)C1CCC(=O)C1. The number of rotatable bonds is 5. The molecule has 1 saturated heterocycles. The second kappa shape index (κ2) is 7.99. The van der Waals surface area contributed by atoms with Crippen molar-refractivity contribution in [1.82, 2.24) is 4.90 Å². The van der Waals surface area contributed by atoms with E-state index in [0.29, 0.717) is 30.5 Å². The molecule has 1 unspecified atom stereocenters. The molecule has 0 aromatic heterocycles. The lowest BCUT2D eigenvalue weighted by Gasteiger charge is -2.38. The number of hydrogen-bond donors (Lipinski definition) is 1. The molecule has 1 saturated carbocycles. The highest BCUT2D eigenvalue weighted by Crippen LogP contribution is 2.35. The number of nitrogens with zero attached hydrogens (tertiary/aromatic N) is 1. The molecule has 140 valence electrons. The van der Waals surface area contributed by atoms with E-state index in [2.05, 4.69) is 65.3 Å². The summed E-state index contributed by atoms with van der Waals surface area (Å²) in [6.45, 7) is 15.4. The monoisotopic (exact) mass is 416 g/mol. The van der Waals surface area contributed by atoms with Gasteiger partial charge in [-0.2, -0.15) is 0 Å². The van der Waals surface area contributed by atoms with Crippen molar-refractivity contribution in [1.29, 1.82) is 0 Å². The van der Waals surface area contributed by atoms with Gasteiger partial charge in [-0.15, -0.1) is 0 Å². The predicted molar refractivity (Wildman–Crippen MR) is 113 cm³/mol. The summed E-state index contributed by atoms with van der Waals surface area (Å²) in [5.74, 6) is 1.94. The van der Waals surface area contributed by atoms with Crippen LogP contribution in [0.1, 0.15) is 45.1 Å². The topological polar surface area (TPSA) is 32.3 Å². The summed E-state index contributed by atoms with van der Waals surface area (Å²) >= 11 is 3.60. The summed E-state index contributed by atoms with van der Waals surface area (Å²) in [5, 5.41) is 3.49. The normalized spacial score (nSPS) is 26.0. The molecule has 3 atom stereocenters. The van der Waals surface area contributed by atoms with E-state index in [0.717, 1.165) is 46.6 Å². The molecular weight excluding hydrogens is 388 g/mol. The van der Waals surface area contributed by atoms with Gasteiger partial charge in [-0.1, -0.05) is 42.9 Å². The van der Waals surface area contributed by atoms with E-state index in [4.69, 9.17) is 0 Å². The third-order valence-corrected chi connectivity index (χ3v) is 6.07. The minimum Gasteiger partial charge on any atom is -0.371 e. The van der Waals surface area contributed by atoms with Crippen LogP contribution in [0.5, 0.6) is 0 Å². The van der Waals surface area contributed by atoms with Gasteiger partial charge in [0.25, 0.3) is 0 Å². The summed E-state index contributed by atoms with van der Waals surface area (Å²) in [6, 6.07) is 6.23. The van der Waals surface area contributed by atoms with Crippen LogP contribution in [0.25, 0.3) is 5.70 Å². The van der Waals surface area contributed by atoms with Gasteiger partial charge in [0.1, 0.15) is 5.78 Å². The quantitative estimate of drug-likeness (QED) is 0.668. The first-order valence-corrected chi connectivity index (χ1v) is 10.3. The number of piperidine rings is 1. The van der Waals surface area contributed by atoms with Gasteiger partial charge in [0.2, 0.25) is 0 Å². The van der Waals surface area contributed by atoms with Crippen molar-refractivity contribution in [2.75, 3.05) is 18.4 Å². The number of Topliss-reactive ketones (excluding diaryl/α,β-unsaturated/α-hetero) is 1. The Morgan fingerprint density at radius 3 is 2.54 bits per heavy atom. The van der Waals surface area contributed by atoms with Crippen LogP contribution in [-0.4, -0.2) is 23.8 Å². The number of allylic oxidation sites excluding steroid dienone is 1. The Morgan fingerprint density at radius 1 is 1.23 bits per heavy atom. The average Bonchev–Trinajstić information content (AvgIpc) is 3.01. The zero-order chi connectivity index (χ0) is 18.8. The molecule has 0 radical (unpaired) electrons. The standard InChI is InChI=1S/C22H29BrN2O/c1-14-9-15(2)13-25(12-14)17(4)21-11-19(23)6-8-22(21)24-16(3)18-5-7-20(26)10-18/h6,8,11,14-15,18,24H,3-5,7,9-10,12-13H2,1-2H3/t14-,15+,18?. The van der Waals surface area contributed by atoms with E-state index in [1.165, 1.54) is 6.42 Å². The Kier molecular flexibility index (Phi) is 5.91. The number of anilines is 1. The van der Waals surface area contributed by atoms with Gasteiger partial charge in [0, 0.05) is 59.0 Å². The largest absolute Gasteiger partial charge is 0.371 e. The van der Waals surface area contributed by atoms with E-state index in [-0.39, 0.29) is 5.92 Å². The van der Waals surface area contributed by atoms with Crippen LogP contribution in [0.2, 0.25) is 0 Å². The van der Waals surface area contributed by atoms with Gasteiger partial charge in [0.15, 0.2) is 0 Å². The second-order valence-corrected chi connectivity index (χ2v) is 9.03. The smallest absolute Gasteiger partial charge is 0.133 e. The molecule has 2 fully saturated rings. The molecule has 1 aromatic rings. The molecule has 3 nitrogen and oxygen atoms in total. The zero-order valence-corrected chi connectivity index (χ0v) is 17.4. The lowest BCUT2D eigenvalue weighted by atomic mass is 9.91. The third-order valence-electron chi connectivity index (χ3n) is 5.58. The van der Waals surface area contributed by atoms with Crippen LogP contribution < -0.4 is 5.32 Å². The van der Waals surface area contributed by atoms with E-state index >= 15 is 0 Å². The van der Waals surface area contributed by atoms with E-state index in [1.807, 2.05) is 6.07 Å². The molecule has 1 aromatic carbocycles. The Hall–Kier alpha value is -1.55. The Bertz CT molecular complexity index is 717. The number of benzene rings is 1. The van der Waals surface area contributed by atoms with Gasteiger partial charge >= 0.3 is 0 Å². The highest BCUT2D eigenvalue weighted by molar-refractivity contribution is 9.10. The predicted octanol–water partition coefficient (Wildman–Crippen LogP) is 5.69. The van der Waals surface area contributed by atoms with Crippen molar-refractivity contribution in [3.63, 3.8) is 0 Å². The molecule has 2 aliphatic rings. The molecule has 26 heavy (non-hydrogen) atoms. The van der Waals surface area contributed by atoms with Crippen molar-refractivity contribution in [3.05, 3.63) is 47.1 Å². The fourth-order valence-corrected chi connectivity index (χ4v) is 4.67. The number of carbonyl (C=O) groups excluding carboxylic acids is 1. The van der Waals surface area contributed by atoms with Gasteiger partial charge in [0.05, 0.1) is 0 Å². The number of ketones is 1. The van der Waals surface area contributed by atoms with Crippen molar-refractivity contribution in [2.24, 2.45) is 17.8 Å². The van der Waals surface area contributed by atoms with Gasteiger partial charge in [-0.05, 0) is 42.9 Å². The lowest BCUT2D eigenvalue weighted by molar-refractivity contribution is -0.117. The summed E-state index contributed by atoms with van der Waals surface area (Å²) in [5.41, 5.74) is 4.12. The van der Waals surface area contributed by atoms with Crippen LogP contribution in [0, 0.1) is 17.8 Å². The minimum absolute atomic E-state index is 0.238. The molecule has 1 aliphatic heterocycles. The third kappa shape index (κ3) is 4.40. The Labute approximate surface area is 165 Å². The molecule has 1 heterocycles. The second-order valence-electron chi connectivity index (χ2n) is 8.12. The fraction of sp³-hybridized carbons (Fsp3) is 0.500. The van der Waals surface area contributed by atoms with Crippen LogP contribution in [0.15, 0.2) is 41.5 Å². The van der Waals surface area contributed by atoms with Crippen molar-refractivity contribution >= 4 is 33.1 Å². The molecule has 1 N–H and O–H groups in total. The first kappa shape index (κ1) is 19.2. The zero-order valence-electron chi connectivity index (χ0n) is 15.9. The van der Waals surface area contributed by atoms with Gasteiger partial charge < -0.3 is 10.2 Å². The van der Waals surface area contributed by atoms with E-state index < -0.39 is 0 Å². The van der Waals surface area contributed by atoms with Crippen LogP contribution in [0.4, 0.5) is 5.69 Å². The molecular formula is C22H29BrN2O. The highest BCUT2D eigenvalue weighted by Gasteiger charge is 2.26. The Morgan fingerprint density at radius 2 is 1.92 bits per heavy atom. The molecule has 1 aliphatic carbocycles. The molecule has 0 spiro atoms. The molecule has 0 amide bonds. The highest BCUT2D eigenvalue weighted by atomic mass is 79.9. The van der Waals surface area contributed by atoms with Crippen molar-refractivity contribution in [3.8, 4) is 0 Å². The van der Waals surface area contributed by atoms with E-state index in [1.54, 1.807) is 0 Å². The lowest BCUT2D eigenvalue weighted by Crippen LogP contribution is -2.37. The number of carbonyl (C=O) groups is 1. The van der Waals surface area contributed by atoms with Crippen LogP contribution in [0.3, 0.4) is 0 Å². The molecule has 0 bridgehead atoms. The van der Waals surface area contributed by atoms with Crippen molar-refractivity contribution < 1.29 is 4.79 Å². The van der Waals surface area contributed by atoms with E-state index in [9.17, 15) is 4.79 Å². The number of likely N-dealkylation sites (tertiary alicyclic amines) is 1. The minimum atomic E-state index is 0.238. The number of nitrogens with one attached hydrogen (secondary N) is 1. The Balaban J connectivity index is 1.80.